The number of hydrogen-bond donors (Lipinski definition) is 2. The number of nitrogens with zero attached hydrogens (tertiary/aromatic N) is 4. The summed E-state index contributed by atoms with van der Waals surface area (Å²) in [6.07, 6.45) is 6.10. The Bertz CT molecular complexity index is 1310. The summed E-state index contributed by atoms with van der Waals surface area (Å²) in [4.78, 5) is 26.2. The molecule has 2 N–H and O–H groups in total. The van der Waals surface area contributed by atoms with Gasteiger partial charge in [0, 0.05) is 38.0 Å². The number of anilines is 2. The summed E-state index contributed by atoms with van der Waals surface area (Å²) < 4.78 is 32.4. The van der Waals surface area contributed by atoms with Crippen LogP contribution >= 0.6 is 23.2 Å². The van der Waals surface area contributed by atoms with E-state index in [-0.39, 0.29) is 29.0 Å². The molecule has 2 aromatic heterocycles. The lowest BCUT2D eigenvalue weighted by Gasteiger charge is -2.35. The highest BCUT2D eigenvalue weighted by Gasteiger charge is 2.34. The minimum Gasteiger partial charge on any atom is -0.376 e. The largest absolute Gasteiger partial charge is 0.376 e. The zero-order chi connectivity index (χ0) is 28.4. The Morgan fingerprint density at radius 2 is 1.97 bits per heavy atom. The maximum Gasteiger partial charge on any atom is 0.229 e. The molecule has 2 aliphatic heterocycles. The van der Waals surface area contributed by atoms with Gasteiger partial charge in [-0.15, -0.1) is 0 Å². The van der Waals surface area contributed by atoms with Crippen molar-refractivity contribution >= 4 is 50.8 Å². The van der Waals surface area contributed by atoms with Gasteiger partial charge in [0.1, 0.15) is 17.3 Å². The molecule has 2 saturated heterocycles. The number of hydrogen-bond acceptors (Lipinski definition) is 8. The first kappa shape index (κ1) is 29.9. The molecule has 0 spiro atoms. The summed E-state index contributed by atoms with van der Waals surface area (Å²) in [6, 6.07) is 1.60. The van der Waals surface area contributed by atoms with Crippen LogP contribution in [0.5, 0.6) is 0 Å². The van der Waals surface area contributed by atoms with Crippen molar-refractivity contribution in [1.82, 2.24) is 19.3 Å². The van der Waals surface area contributed by atoms with E-state index in [1.165, 1.54) is 10.5 Å². The van der Waals surface area contributed by atoms with Gasteiger partial charge in [0.2, 0.25) is 15.9 Å². The van der Waals surface area contributed by atoms with Gasteiger partial charge in [-0.25, -0.2) is 27.7 Å². The van der Waals surface area contributed by atoms with Crippen LogP contribution in [0.4, 0.5) is 11.6 Å². The van der Waals surface area contributed by atoms with Crippen LogP contribution in [0.15, 0.2) is 18.5 Å². The molecular formula is C26H36Cl2N6O4S. The van der Waals surface area contributed by atoms with Gasteiger partial charge in [0.15, 0.2) is 5.15 Å². The lowest BCUT2D eigenvalue weighted by Crippen LogP contribution is -2.46. The zero-order valence-corrected chi connectivity index (χ0v) is 25.0. The predicted octanol–water partition coefficient (Wildman–Crippen LogP) is 4.85. The molecule has 0 bridgehead atoms. The molecular weight excluding hydrogens is 563 g/mol. The number of halogens is 2. The van der Waals surface area contributed by atoms with Crippen molar-refractivity contribution in [2.75, 3.05) is 36.9 Å². The van der Waals surface area contributed by atoms with Crippen LogP contribution in [0.2, 0.25) is 10.2 Å². The number of pyridine rings is 1. The number of rotatable bonds is 8. The third-order valence-corrected chi connectivity index (χ3v) is 9.99. The summed E-state index contributed by atoms with van der Waals surface area (Å²) >= 11 is 12.9. The normalized spacial score (nSPS) is 22.0. The van der Waals surface area contributed by atoms with Crippen LogP contribution in [-0.4, -0.2) is 70.7 Å². The summed E-state index contributed by atoms with van der Waals surface area (Å²) in [5.74, 6) is 0.479. The van der Waals surface area contributed by atoms with Gasteiger partial charge in [-0.1, -0.05) is 23.2 Å². The fraction of sp³-hybridized carbons (Fsp3) is 0.615. The second-order valence-corrected chi connectivity index (χ2v) is 14.3. The van der Waals surface area contributed by atoms with Crippen molar-refractivity contribution in [2.45, 2.75) is 64.2 Å². The third-order valence-electron chi connectivity index (χ3n) is 7.17. The number of carbonyl (C=O) groups is 1. The van der Waals surface area contributed by atoms with E-state index in [0.29, 0.717) is 47.4 Å². The highest BCUT2D eigenvalue weighted by atomic mass is 35.5. The van der Waals surface area contributed by atoms with Gasteiger partial charge >= 0.3 is 0 Å². The molecule has 214 valence electrons. The van der Waals surface area contributed by atoms with Gasteiger partial charge in [-0.2, -0.15) is 0 Å². The highest BCUT2D eigenvalue weighted by Crippen LogP contribution is 2.34. The van der Waals surface area contributed by atoms with E-state index < -0.39 is 21.2 Å². The average Bonchev–Trinajstić information content (AvgIpc) is 2.89. The highest BCUT2D eigenvalue weighted by molar-refractivity contribution is 7.89. The van der Waals surface area contributed by atoms with Crippen molar-refractivity contribution in [2.24, 2.45) is 11.8 Å². The van der Waals surface area contributed by atoms with Gasteiger partial charge in [-0.3, -0.25) is 4.79 Å². The van der Waals surface area contributed by atoms with Crippen LogP contribution in [0.25, 0.3) is 11.3 Å². The Hall–Kier alpha value is -2.05. The van der Waals surface area contributed by atoms with Crippen LogP contribution in [-0.2, 0) is 19.6 Å². The van der Waals surface area contributed by atoms with E-state index in [0.717, 1.165) is 26.0 Å². The quantitative estimate of drug-likeness (QED) is 0.441. The molecule has 2 fully saturated rings. The predicted molar refractivity (Wildman–Crippen MR) is 154 cm³/mol. The van der Waals surface area contributed by atoms with E-state index in [1.54, 1.807) is 26.1 Å². The van der Waals surface area contributed by atoms with Gasteiger partial charge < -0.3 is 15.4 Å². The molecule has 4 heterocycles. The number of carbonyl (C=O) groups excluding carboxylic acids is 1. The van der Waals surface area contributed by atoms with Crippen molar-refractivity contribution in [3.8, 4) is 11.3 Å². The summed E-state index contributed by atoms with van der Waals surface area (Å²) in [7, 11) is -3.44. The number of sulfonamides is 1. The second-order valence-electron chi connectivity index (χ2n) is 11.1. The molecule has 2 aromatic rings. The first-order valence-electron chi connectivity index (χ1n) is 13.2. The summed E-state index contributed by atoms with van der Waals surface area (Å²) in [6.45, 7) is 9.48. The van der Waals surface area contributed by atoms with Crippen LogP contribution in [0.3, 0.4) is 0 Å². The molecule has 1 amide bonds. The Kier molecular flexibility index (Phi) is 9.37. The van der Waals surface area contributed by atoms with E-state index in [4.69, 9.17) is 27.9 Å². The van der Waals surface area contributed by atoms with Crippen molar-refractivity contribution in [1.29, 1.82) is 0 Å². The lowest BCUT2D eigenvalue weighted by atomic mass is 9.88. The fourth-order valence-electron chi connectivity index (χ4n) is 5.01. The topological polar surface area (TPSA) is 126 Å². The molecule has 0 aromatic carbocycles. The average molecular weight is 600 g/mol. The molecule has 0 unspecified atom stereocenters. The molecule has 4 rings (SSSR count). The first-order valence-corrected chi connectivity index (χ1v) is 15.5. The van der Waals surface area contributed by atoms with E-state index in [9.17, 15) is 13.2 Å². The maximum absolute atomic E-state index is 13.1. The second kappa shape index (κ2) is 12.2. The molecule has 2 aliphatic rings. The third kappa shape index (κ3) is 7.38. The monoisotopic (exact) mass is 598 g/mol. The van der Waals surface area contributed by atoms with Crippen molar-refractivity contribution in [3.63, 3.8) is 0 Å². The van der Waals surface area contributed by atoms with E-state index in [2.05, 4.69) is 39.4 Å². The van der Waals surface area contributed by atoms with Crippen LogP contribution in [0, 0.1) is 11.8 Å². The lowest BCUT2D eigenvalue weighted by molar-refractivity contribution is -0.120. The molecule has 0 aliphatic carbocycles. The number of ether oxygens (including phenoxy) is 1. The molecule has 10 nitrogen and oxygen atoms in total. The van der Waals surface area contributed by atoms with E-state index >= 15 is 0 Å². The standard InChI is InChI=1S/C26H36Cl2N6O4S/c1-16(2)39(36,37)34-8-5-6-18(15-34)25(35)33-21-10-19(20(27)13-30-21)23-24(28)31-14-22(32-23)29-12-17-7-9-38-26(3,4)11-17/h10,13-14,16-18H,5-9,11-12,15H2,1-4H3,(H,29,32)(H,30,33,35)/t17-,18-/m0/s1. The number of amides is 1. The summed E-state index contributed by atoms with van der Waals surface area (Å²) in [5.41, 5.74) is 0.692. The van der Waals surface area contributed by atoms with Crippen molar-refractivity contribution in [3.05, 3.63) is 28.6 Å². The minimum atomic E-state index is -3.44. The minimum absolute atomic E-state index is 0.141. The number of aromatic nitrogens is 3. The fourth-order valence-corrected chi connectivity index (χ4v) is 6.77. The Morgan fingerprint density at radius 1 is 1.21 bits per heavy atom. The number of nitrogens with one attached hydrogen (secondary N) is 2. The first-order chi connectivity index (χ1) is 18.4. The van der Waals surface area contributed by atoms with Gasteiger partial charge in [0.05, 0.1) is 28.0 Å². The smallest absolute Gasteiger partial charge is 0.229 e. The molecule has 39 heavy (non-hydrogen) atoms. The van der Waals surface area contributed by atoms with E-state index in [1.807, 2.05) is 0 Å². The molecule has 13 heteroatoms. The summed E-state index contributed by atoms with van der Waals surface area (Å²) in [5, 5.41) is 6.09. The molecule has 2 atom stereocenters. The SMILES string of the molecule is CC(C)S(=O)(=O)N1CCC[C@H](C(=O)Nc2cc(-c3nc(NC[C@H]4CCOC(C)(C)C4)cnc3Cl)c(Cl)cn2)C1. The van der Waals surface area contributed by atoms with Gasteiger partial charge in [0.25, 0.3) is 0 Å². The zero-order valence-electron chi connectivity index (χ0n) is 22.7. The Morgan fingerprint density at radius 3 is 2.69 bits per heavy atom. The Balaban J connectivity index is 1.47. The molecule has 0 saturated carbocycles. The molecule has 0 radical (unpaired) electrons. The van der Waals surface area contributed by atoms with Gasteiger partial charge in [-0.05, 0) is 65.4 Å². The maximum atomic E-state index is 13.1. The van der Waals surface area contributed by atoms with Crippen molar-refractivity contribution < 1.29 is 17.9 Å². The Labute approximate surface area is 240 Å². The van der Waals surface area contributed by atoms with Crippen LogP contribution in [0.1, 0.15) is 53.4 Å². The number of piperidine rings is 1. The van der Waals surface area contributed by atoms with Crippen LogP contribution < -0.4 is 10.6 Å².